The molecular weight excluding hydrogens is 310 g/mol. The minimum absolute atomic E-state index is 0.120. The number of anilines is 1. The number of amides is 3. The van der Waals surface area contributed by atoms with Gasteiger partial charge in [-0.15, -0.1) is 0 Å². The van der Waals surface area contributed by atoms with Crippen molar-refractivity contribution in [2.45, 2.75) is 25.4 Å². The molecular formula is C17H17N3O4. The van der Waals surface area contributed by atoms with Gasteiger partial charge in [-0.3, -0.25) is 14.4 Å². The second kappa shape index (κ2) is 6.99. The predicted molar refractivity (Wildman–Crippen MR) is 86.1 cm³/mol. The van der Waals surface area contributed by atoms with Crippen molar-refractivity contribution in [1.29, 1.82) is 0 Å². The molecule has 0 spiro atoms. The van der Waals surface area contributed by atoms with Gasteiger partial charge in [0.1, 0.15) is 11.8 Å². The molecule has 0 unspecified atom stereocenters. The molecule has 1 aliphatic rings. The fraction of sp³-hybridized carbons (Fsp3) is 0.235. The zero-order chi connectivity index (χ0) is 16.9. The van der Waals surface area contributed by atoms with Crippen LogP contribution in [0.4, 0.5) is 5.69 Å². The molecule has 1 aromatic heterocycles. The van der Waals surface area contributed by atoms with Crippen LogP contribution in [-0.2, 0) is 16.1 Å². The van der Waals surface area contributed by atoms with Crippen molar-refractivity contribution in [1.82, 2.24) is 10.6 Å². The van der Waals surface area contributed by atoms with Gasteiger partial charge < -0.3 is 20.4 Å². The van der Waals surface area contributed by atoms with Crippen molar-refractivity contribution in [2.75, 3.05) is 5.32 Å². The number of fused-ring (bicyclic) bond motifs is 1. The molecule has 0 saturated heterocycles. The summed E-state index contributed by atoms with van der Waals surface area (Å²) in [6.45, 7) is 0.292. The van der Waals surface area contributed by atoms with Crippen LogP contribution in [0.3, 0.4) is 0 Å². The fourth-order valence-electron chi connectivity index (χ4n) is 2.48. The smallest absolute Gasteiger partial charge is 0.254 e. The number of nitrogens with one attached hydrogen (secondary N) is 3. The number of hydrogen-bond acceptors (Lipinski definition) is 4. The highest BCUT2D eigenvalue weighted by molar-refractivity contribution is 6.09. The lowest BCUT2D eigenvalue weighted by molar-refractivity contribution is -0.122. The lowest BCUT2D eigenvalue weighted by atomic mass is 10.1. The molecule has 2 aromatic rings. The Morgan fingerprint density at radius 1 is 1.17 bits per heavy atom. The molecule has 124 valence electrons. The number of carbonyl (C=O) groups is 3. The second-order valence-corrected chi connectivity index (χ2v) is 5.46. The number of para-hydroxylation sites is 1. The van der Waals surface area contributed by atoms with E-state index in [4.69, 9.17) is 4.42 Å². The molecule has 0 radical (unpaired) electrons. The van der Waals surface area contributed by atoms with Crippen LogP contribution in [0.2, 0.25) is 0 Å². The zero-order valence-corrected chi connectivity index (χ0v) is 12.9. The summed E-state index contributed by atoms with van der Waals surface area (Å²) < 4.78 is 5.13. The molecule has 24 heavy (non-hydrogen) atoms. The highest BCUT2D eigenvalue weighted by Crippen LogP contribution is 2.19. The average molecular weight is 327 g/mol. The van der Waals surface area contributed by atoms with E-state index in [-0.39, 0.29) is 30.6 Å². The summed E-state index contributed by atoms with van der Waals surface area (Å²) >= 11 is 0. The lowest BCUT2D eigenvalue weighted by Crippen LogP contribution is -2.42. The SMILES string of the molecule is O=C(CC[C@H]1NC(=O)c2ccccc2NC1=O)NCc1ccco1. The molecule has 0 aliphatic carbocycles. The first kappa shape index (κ1) is 15.8. The Morgan fingerprint density at radius 2 is 2.00 bits per heavy atom. The van der Waals surface area contributed by atoms with E-state index in [2.05, 4.69) is 16.0 Å². The first-order valence-corrected chi connectivity index (χ1v) is 7.63. The predicted octanol–water partition coefficient (Wildman–Crippen LogP) is 1.43. The number of benzene rings is 1. The maximum absolute atomic E-state index is 12.2. The van der Waals surface area contributed by atoms with E-state index in [9.17, 15) is 14.4 Å². The Labute approximate surface area is 138 Å². The molecule has 1 aliphatic heterocycles. The maximum atomic E-state index is 12.2. The molecule has 7 nitrogen and oxygen atoms in total. The van der Waals surface area contributed by atoms with Crippen LogP contribution in [0, 0.1) is 0 Å². The van der Waals surface area contributed by atoms with Gasteiger partial charge in [0.2, 0.25) is 11.8 Å². The summed E-state index contributed by atoms with van der Waals surface area (Å²) in [7, 11) is 0. The Balaban J connectivity index is 1.55. The van der Waals surface area contributed by atoms with Gasteiger partial charge in [0.15, 0.2) is 0 Å². The summed E-state index contributed by atoms with van der Waals surface area (Å²) in [6, 6.07) is 9.54. The van der Waals surface area contributed by atoms with E-state index in [0.29, 0.717) is 23.6 Å². The van der Waals surface area contributed by atoms with Crippen LogP contribution in [0.5, 0.6) is 0 Å². The van der Waals surface area contributed by atoms with Gasteiger partial charge in [-0.2, -0.15) is 0 Å². The lowest BCUT2D eigenvalue weighted by Gasteiger charge is -2.14. The third-order valence-corrected chi connectivity index (χ3v) is 3.75. The molecule has 2 heterocycles. The van der Waals surface area contributed by atoms with Crippen molar-refractivity contribution in [3.8, 4) is 0 Å². The minimum atomic E-state index is -0.751. The van der Waals surface area contributed by atoms with Crippen LogP contribution in [-0.4, -0.2) is 23.8 Å². The molecule has 7 heteroatoms. The first-order valence-electron chi connectivity index (χ1n) is 7.63. The van der Waals surface area contributed by atoms with E-state index in [1.165, 1.54) is 6.26 Å². The van der Waals surface area contributed by atoms with Gasteiger partial charge in [-0.25, -0.2) is 0 Å². The van der Waals surface area contributed by atoms with Gasteiger partial charge >= 0.3 is 0 Å². The fourth-order valence-corrected chi connectivity index (χ4v) is 2.48. The molecule has 0 saturated carbocycles. The average Bonchev–Trinajstić information content (AvgIpc) is 3.06. The quantitative estimate of drug-likeness (QED) is 0.773. The van der Waals surface area contributed by atoms with E-state index < -0.39 is 6.04 Å². The van der Waals surface area contributed by atoms with Gasteiger partial charge in [0, 0.05) is 6.42 Å². The maximum Gasteiger partial charge on any atom is 0.254 e. The molecule has 1 atom stereocenters. The van der Waals surface area contributed by atoms with E-state index in [1.54, 1.807) is 36.4 Å². The van der Waals surface area contributed by atoms with Crippen molar-refractivity contribution < 1.29 is 18.8 Å². The van der Waals surface area contributed by atoms with Crippen LogP contribution in [0.15, 0.2) is 47.1 Å². The first-order chi connectivity index (χ1) is 11.6. The van der Waals surface area contributed by atoms with Gasteiger partial charge in [0.25, 0.3) is 5.91 Å². The van der Waals surface area contributed by atoms with Crippen molar-refractivity contribution in [2.24, 2.45) is 0 Å². The standard InChI is InChI=1S/C17H17N3O4/c21-15(18-10-11-4-3-9-24-11)8-7-14-17(23)19-13-6-2-1-5-12(13)16(22)20-14/h1-6,9,14H,7-8,10H2,(H,18,21)(H,19,23)(H,20,22)/t14-/m1/s1. The minimum Gasteiger partial charge on any atom is -0.467 e. The van der Waals surface area contributed by atoms with E-state index >= 15 is 0 Å². The largest absolute Gasteiger partial charge is 0.467 e. The normalized spacial score (nSPS) is 16.6. The third-order valence-electron chi connectivity index (χ3n) is 3.75. The van der Waals surface area contributed by atoms with E-state index in [1.807, 2.05) is 0 Å². The Bertz CT molecular complexity index is 755. The second-order valence-electron chi connectivity index (χ2n) is 5.46. The van der Waals surface area contributed by atoms with Crippen LogP contribution < -0.4 is 16.0 Å². The topological polar surface area (TPSA) is 100 Å². The van der Waals surface area contributed by atoms with E-state index in [0.717, 1.165) is 0 Å². The number of hydrogen-bond donors (Lipinski definition) is 3. The summed E-state index contributed by atoms with van der Waals surface area (Å²) in [5.74, 6) is -0.216. The summed E-state index contributed by atoms with van der Waals surface area (Å²) in [5.41, 5.74) is 0.889. The summed E-state index contributed by atoms with van der Waals surface area (Å²) in [5, 5.41) is 8.08. The van der Waals surface area contributed by atoms with Crippen LogP contribution in [0.25, 0.3) is 0 Å². The summed E-state index contributed by atoms with van der Waals surface area (Å²) in [6.07, 6.45) is 1.87. The van der Waals surface area contributed by atoms with Crippen molar-refractivity contribution in [3.63, 3.8) is 0 Å². The molecule has 1 aromatic carbocycles. The summed E-state index contributed by atoms with van der Waals surface area (Å²) in [4.78, 5) is 36.3. The number of furan rings is 1. The molecule has 0 bridgehead atoms. The molecule has 3 N–H and O–H groups in total. The zero-order valence-electron chi connectivity index (χ0n) is 12.9. The Hall–Kier alpha value is -3.09. The molecule has 3 rings (SSSR count). The Morgan fingerprint density at radius 3 is 2.79 bits per heavy atom. The Kier molecular flexibility index (Phi) is 4.60. The number of rotatable bonds is 5. The van der Waals surface area contributed by atoms with Crippen LogP contribution in [0.1, 0.15) is 29.0 Å². The van der Waals surface area contributed by atoms with Gasteiger partial charge in [-0.05, 0) is 30.7 Å². The van der Waals surface area contributed by atoms with Crippen molar-refractivity contribution in [3.05, 3.63) is 54.0 Å². The van der Waals surface area contributed by atoms with Gasteiger partial charge in [0.05, 0.1) is 24.1 Å². The highest BCUT2D eigenvalue weighted by atomic mass is 16.3. The van der Waals surface area contributed by atoms with Crippen LogP contribution >= 0.6 is 0 Å². The van der Waals surface area contributed by atoms with Gasteiger partial charge in [-0.1, -0.05) is 12.1 Å². The molecule has 3 amide bonds. The monoisotopic (exact) mass is 327 g/mol. The van der Waals surface area contributed by atoms with Crippen molar-refractivity contribution >= 4 is 23.4 Å². The number of carbonyl (C=O) groups excluding carboxylic acids is 3. The highest BCUT2D eigenvalue weighted by Gasteiger charge is 2.27. The molecule has 0 fully saturated rings. The third kappa shape index (κ3) is 3.62.